The molecule has 4 heteroatoms. The van der Waals surface area contributed by atoms with Crippen LogP contribution in [0.2, 0.25) is 0 Å². The summed E-state index contributed by atoms with van der Waals surface area (Å²) >= 11 is 1.69. The topological polar surface area (TPSA) is 40.5 Å². The van der Waals surface area contributed by atoms with Gasteiger partial charge in [-0.05, 0) is 37.6 Å². The summed E-state index contributed by atoms with van der Waals surface area (Å²) in [5, 5.41) is 9.43. The Hall–Kier alpha value is -1.94. The highest BCUT2D eigenvalue weighted by atomic mass is 32.2. The van der Waals surface area contributed by atoms with Gasteiger partial charge in [-0.3, -0.25) is 0 Å². The zero-order chi connectivity index (χ0) is 14.3. The van der Waals surface area contributed by atoms with Gasteiger partial charge in [0.05, 0.1) is 11.4 Å². The number of hydrogen-bond acceptors (Lipinski definition) is 3. The number of aryl methyl sites for hydroxylation is 1. The molecule has 0 saturated heterocycles. The molecule has 20 heavy (non-hydrogen) atoms. The van der Waals surface area contributed by atoms with Gasteiger partial charge in [0, 0.05) is 9.79 Å². The van der Waals surface area contributed by atoms with E-state index in [2.05, 4.69) is 0 Å². The number of rotatable bonds is 2. The molecule has 0 bridgehead atoms. The first-order valence-corrected chi connectivity index (χ1v) is 7.30. The molecule has 3 nitrogen and oxygen atoms in total. The average molecular weight is 285 g/mol. The van der Waals surface area contributed by atoms with Gasteiger partial charge in [-0.25, -0.2) is 4.79 Å². The monoisotopic (exact) mass is 285 g/mol. The van der Waals surface area contributed by atoms with E-state index in [0.717, 1.165) is 26.7 Å². The zero-order valence-corrected chi connectivity index (χ0v) is 12.1. The van der Waals surface area contributed by atoms with Crippen LogP contribution in [0.5, 0.6) is 0 Å². The number of nitrogens with zero attached hydrogens (tertiary/aromatic N) is 1. The van der Waals surface area contributed by atoms with Crippen molar-refractivity contribution in [3.63, 3.8) is 0 Å². The zero-order valence-electron chi connectivity index (χ0n) is 11.3. The molecule has 0 aliphatic carbocycles. The van der Waals surface area contributed by atoms with E-state index in [-0.39, 0.29) is 0 Å². The molecule has 0 fully saturated rings. The van der Waals surface area contributed by atoms with Gasteiger partial charge in [-0.15, -0.1) is 0 Å². The van der Waals surface area contributed by atoms with E-state index in [4.69, 9.17) is 0 Å². The first kappa shape index (κ1) is 13.1. The van der Waals surface area contributed by atoms with Crippen LogP contribution in [0.15, 0.2) is 52.3 Å². The molecule has 2 aromatic rings. The number of benzene rings is 2. The number of hydrogen-bond donors (Lipinski definition) is 1. The van der Waals surface area contributed by atoms with Gasteiger partial charge in [-0.1, -0.05) is 36.0 Å². The maximum Gasteiger partial charge on any atom is 0.326 e. The van der Waals surface area contributed by atoms with Crippen molar-refractivity contribution < 1.29 is 9.90 Å². The second-order valence-corrected chi connectivity index (χ2v) is 5.96. The van der Waals surface area contributed by atoms with Crippen molar-refractivity contribution in [3.8, 4) is 0 Å². The number of anilines is 2. The Labute approximate surface area is 122 Å². The summed E-state index contributed by atoms with van der Waals surface area (Å²) in [6.07, 6.45) is 0. The fourth-order valence-corrected chi connectivity index (χ4v) is 3.67. The number of fused-ring (bicyclic) bond motifs is 2. The minimum absolute atomic E-state index is 0.600. The van der Waals surface area contributed by atoms with Crippen molar-refractivity contribution in [2.75, 3.05) is 4.90 Å². The molecular weight excluding hydrogens is 270 g/mol. The van der Waals surface area contributed by atoms with Crippen LogP contribution in [-0.4, -0.2) is 17.1 Å². The third kappa shape index (κ3) is 1.96. The van der Waals surface area contributed by atoms with E-state index in [1.807, 2.05) is 54.3 Å². The van der Waals surface area contributed by atoms with Gasteiger partial charge in [-0.2, -0.15) is 0 Å². The van der Waals surface area contributed by atoms with Crippen LogP contribution in [0.4, 0.5) is 11.4 Å². The van der Waals surface area contributed by atoms with Crippen molar-refractivity contribution in [2.45, 2.75) is 29.7 Å². The summed E-state index contributed by atoms with van der Waals surface area (Å²) in [4.78, 5) is 15.6. The molecule has 0 amide bonds. The largest absolute Gasteiger partial charge is 0.480 e. The van der Waals surface area contributed by atoms with Gasteiger partial charge in [0.15, 0.2) is 0 Å². The highest BCUT2D eigenvalue weighted by molar-refractivity contribution is 7.99. The maximum absolute atomic E-state index is 11.5. The smallest absolute Gasteiger partial charge is 0.326 e. The van der Waals surface area contributed by atoms with Crippen molar-refractivity contribution in [2.24, 2.45) is 0 Å². The van der Waals surface area contributed by atoms with E-state index in [0.29, 0.717) is 0 Å². The minimum Gasteiger partial charge on any atom is -0.480 e. The van der Waals surface area contributed by atoms with Crippen LogP contribution in [0, 0.1) is 6.92 Å². The predicted molar refractivity (Wildman–Crippen MR) is 81.0 cm³/mol. The SMILES string of the molecule is Cc1cccc2c1N(C(C)C(=O)O)c1ccccc1S2. The molecule has 0 aromatic heterocycles. The fourth-order valence-electron chi connectivity index (χ4n) is 2.52. The molecule has 0 spiro atoms. The van der Waals surface area contributed by atoms with Crippen molar-refractivity contribution >= 4 is 29.1 Å². The third-order valence-corrected chi connectivity index (χ3v) is 4.65. The number of carboxylic acids is 1. The standard InChI is InChI=1S/C16H15NO2S/c1-10-6-5-9-14-15(10)17(11(2)16(18)19)12-7-3-4-8-13(12)20-14/h3-9,11H,1-2H3,(H,18,19). The average Bonchev–Trinajstić information content (AvgIpc) is 2.44. The highest BCUT2D eigenvalue weighted by Gasteiger charge is 2.31. The second kappa shape index (κ2) is 4.87. The molecule has 102 valence electrons. The summed E-state index contributed by atoms with van der Waals surface area (Å²) in [5.74, 6) is -0.819. The van der Waals surface area contributed by atoms with Crippen molar-refractivity contribution in [1.29, 1.82) is 0 Å². The first-order valence-electron chi connectivity index (χ1n) is 6.48. The predicted octanol–water partition coefficient (Wildman–Crippen LogP) is 4.07. The molecule has 0 saturated carbocycles. The van der Waals surface area contributed by atoms with Gasteiger partial charge in [0.1, 0.15) is 6.04 Å². The molecule has 1 aliphatic heterocycles. The summed E-state index contributed by atoms with van der Waals surface area (Å²) in [5.41, 5.74) is 3.07. The van der Waals surface area contributed by atoms with Crippen molar-refractivity contribution in [3.05, 3.63) is 48.0 Å². The van der Waals surface area contributed by atoms with Crippen LogP contribution in [0.3, 0.4) is 0 Å². The molecule has 2 aromatic carbocycles. The molecule has 1 aliphatic rings. The molecule has 1 N–H and O–H groups in total. The Bertz CT molecular complexity index is 684. The third-order valence-electron chi connectivity index (χ3n) is 3.53. The van der Waals surface area contributed by atoms with Crippen LogP contribution < -0.4 is 4.90 Å². The first-order chi connectivity index (χ1) is 9.59. The van der Waals surface area contributed by atoms with Crippen LogP contribution in [-0.2, 0) is 4.79 Å². The molecular formula is C16H15NO2S. The maximum atomic E-state index is 11.5. The lowest BCUT2D eigenvalue weighted by molar-refractivity contribution is -0.138. The van der Waals surface area contributed by atoms with Gasteiger partial charge >= 0.3 is 5.97 Å². The van der Waals surface area contributed by atoms with E-state index in [1.54, 1.807) is 18.7 Å². The Kier molecular flexibility index (Phi) is 3.18. The number of aliphatic carboxylic acids is 1. The number of carboxylic acid groups (broad SMARTS) is 1. The normalized spacial score (nSPS) is 14.4. The molecule has 1 atom stereocenters. The number of para-hydroxylation sites is 2. The van der Waals surface area contributed by atoms with Gasteiger partial charge < -0.3 is 10.0 Å². The Morgan fingerprint density at radius 3 is 2.60 bits per heavy atom. The lowest BCUT2D eigenvalue weighted by Crippen LogP contribution is -2.37. The second-order valence-electron chi connectivity index (χ2n) is 4.88. The Morgan fingerprint density at radius 1 is 1.15 bits per heavy atom. The summed E-state index contributed by atoms with van der Waals surface area (Å²) < 4.78 is 0. The van der Waals surface area contributed by atoms with E-state index in [9.17, 15) is 9.90 Å². The quantitative estimate of drug-likeness (QED) is 0.903. The van der Waals surface area contributed by atoms with Crippen LogP contribution >= 0.6 is 11.8 Å². The number of carbonyl (C=O) groups is 1. The van der Waals surface area contributed by atoms with Gasteiger partial charge in [0.25, 0.3) is 0 Å². The summed E-state index contributed by atoms with van der Waals surface area (Å²) in [7, 11) is 0. The van der Waals surface area contributed by atoms with E-state index in [1.165, 1.54) is 0 Å². The Morgan fingerprint density at radius 2 is 1.85 bits per heavy atom. The van der Waals surface area contributed by atoms with Crippen LogP contribution in [0.25, 0.3) is 0 Å². The summed E-state index contributed by atoms with van der Waals surface area (Å²) in [6, 6.07) is 13.4. The van der Waals surface area contributed by atoms with E-state index >= 15 is 0 Å². The lowest BCUT2D eigenvalue weighted by atomic mass is 10.1. The lowest BCUT2D eigenvalue weighted by Gasteiger charge is -2.36. The molecule has 3 rings (SSSR count). The summed E-state index contributed by atoms with van der Waals surface area (Å²) in [6.45, 7) is 3.75. The molecule has 0 radical (unpaired) electrons. The highest BCUT2D eigenvalue weighted by Crippen LogP contribution is 2.50. The Balaban J connectivity index is 2.24. The van der Waals surface area contributed by atoms with Crippen molar-refractivity contribution in [1.82, 2.24) is 0 Å². The molecule has 1 unspecified atom stereocenters. The fraction of sp³-hybridized carbons (Fsp3) is 0.188. The minimum atomic E-state index is -0.819. The molecule has 1 heterocycles. The van der Waals surface area contributed by atoms with E-state index < -0.39 is 12.0 Å². The van der Waals surface area contributed by atoms with Crippen LogP contribution in [0.1, 0.15) is 12.5 Å². The van der Waals surface area contributed by atoms with Gasteiger partial charge in [0.2, 0.25) is 0 Å².